The molecule has 0 aliphatic carbocycles. The van der Waals surface area contributed by atoms with Crippen LogP contribution in [0, 0.1) is 0 Å². The van der Waals surface area contributed by atoms with Crippen molar-refractivity contribution in [1.29, 1.82) is 0 Å². The van der Waals surface area contributed by atoms with Crippen LogP contribution < -0.4 is 9.47 Å². The van der Waals surface area contributed by atoms with Gasteiger partial charge in [0.15, 0.2) is 11.5 Å². The molecule has 2 atom stereocenters. The van der Waals surface area contributed by atoms with Crippen LogP contribution in [0.25, 0.3) is 0 Å². The largest absolute Gasteiger partial charge is 0.493 e. The standard InChI is InChI=1S/C19H28NO3/c1-20(2)10-6-4-5-7-15(21)11-16-12-17-14(13-20)8-9-18(22-3)19(17)23-16/h5,7-9,15-16,21H,4,6,10-13H2,1-3H3/q+1/b7-5-. The fourth-order valence-electron chi connectivity index (χ4n) is 3.66. The Morgan fingerprint density at radius 2 is 2.13 bits per heavy atom. The first-order valence-corrected chi connectivity index (χ1v) is 8.50. The lowest BCUT2D eigenvalue weighted by molar-refractivity contribution is -0.903. The van der Waals surface area contributed by atoms with E-state index in [1.807, 2.05) is 12.1 Å². The fraction of sp³-hybridized carbons (Fsp3) is 0.579. The van der Waals surface area contributed by atoms with Crippen LogP contribution in [0.2, 0.25) is 0 Å². The van der Waals surface area contributed by atoms with Gasteiger partial charge in [0.2, 0.25) is 0 Å². The fourth-order valence-corrected chi connectivity index (χ4v) is 3.66. The second kappa shape index (κ2) is 6.54. The molecule has 0 fully saturated rings. The average Bonchev–Trinajstić information content (AvgIpc) is 2.90. The molecule has 2 aliphatic rings. The lowest BCUT2D eigenvalue weighted by Gasteiger charge is -2.30. The van der Waals surface area contributed by atoms with Crippen molar-refractivity contribution in [3.63, 3.8) is 0 Å². The molecule has 2 aliphatic heterocycles. The quantitative estimate of drug-likeness (QED) is 0.639. The van der Waals surface area contributed by atoms with Gasteiger partial charge in [-0.2, -0.15) is 0 Å². The lowest BCUT2D eigenvalue weighted by Crippen LogP contribution is -2.39. The number of nitrogens with zero attached hydrogens (tertiary/aromatic N) is 1. The predicted molar refractivity (Wildman–Crippen MR) is 90.8 cm³/mol. The zero-order valence-corrected chi connectivity index (χ0v) is 14.4. The molecular weight excluding hydrogens is 290 g/mol. The summed E-state index contributed by atoms with van der Waals surface area (Å²) >= 11 is 0. The number of aliphatic hydroxyl groups is 1. The molecule has 2 heterocycles. The monoisotopic (exact) mass is 318 g/mol. The maximum Gasteiger partial charge on any atom is 0.165 e. The van der Waals surface area contributed by atoms with Gasteiger partial charge < -0.3 is 19.1 Å². The molecule has 4 nitrogen and oxygen atoms in total. The molecule has 3 rings (SSSR count). The Balaban J connectivity index is 1.96. The van der Waals surface area contributed by atoms with Gasteiger partial charge in [0, 0.05) is 30.4 Å². The van der Waals surface area contributed by atoms with Crippen molar-refractivity contribution in [2.75, 3.05) is 27.7 Å². The predicted octanol–water partition coefficient (Wildman–Crippen LogP) is 2.68. The minimum absolute atomic E-state index is 0.0241. The molecule has 1 aromatic rings. The molecule has 23 heavy (non-hydrogen) atoms. The summed E-state index contributed by atoms with van der Waals surface area (Å²) in [5.41, 5.74) is 2.60. The Morgan fingerprint density at radius 3 is 2.91 bits per heavy atom. The normalized spacial score (nSPS) is 28.0. The first-order chi connectivity index (χ1) is 11.0. The summed E-state index contributed by atoms with van der Waals surface area (Å²) in [6, 6.07) is 4.19. The number of rotatable bonds is 1. The number of methoxy groups -OCH3 is 1. The molecule has 1 N–H and O–H groups in total. The highest BCUT2D eigenvalue weighted by atomic mass is 16.5. The Hall–Kier alpha value is -1.52. The number of hydrogen-bond acceptors (Lipinski definition) is 3. The lowest BCUT2D eigenvalue weighted by atomic mass is 9.99. The highest BCUT2D eigenvalue weighted by Crippen LogP contribution is 2.41. The highest BCUT2D eigenvalue weighted by Gasteiger charge is 2.31. The van der Waals surface area contributed by atoms with Crippen LogP contribution in [-0.2, 0) is 13.0 Å². The van der Waals surface area contributed by atoms with Gasteiger partial charge in [-0.1, -0.05) is 12.2 Å². The molecule has 0 radical (unpaired) electrons. The van der Waals surface area contributed by atoms with Gasteiger partial charge in [-0.15, -0.1) is 0 Å². The Labute approximate surface area is 138 Å². The van der Waals surface area contributed by atoms with Crippen molar-refractivity contribution in [2.45, 2.75) is 44.4 Å². The molecule has 0 amide bonds. The first-order valence-electron chi connectivity index (χ1n) is 8.50. The van der Waals surface area contributed by atoms with Gasteiger partial charge in [-0.25, -0.2) is 0 Å². The Morgan fingerprint density at radius 1 is 1.30 bits per heavy atom. The third kappa shape index (κ3) is 3.70. The van der Waals surface area contributed by atoms with Crippen LogP contribution in [-0.4, -0.2) is 49.5 Å². The summed E-state index contributed by atoms with van der Waals surface area (Å²) in [6.07, 6.45) is 7.25. The van der Waals surface area contributed by atoms with Gasteiger partial charge in [0.1, 0.15) is 12.6 Å². The molecule has 1 aromatic carbocycles. The molecule has 0 saturated heterocycles. The first kappa shape index (κ1) is 16.3. The van der Waals surface area contributed by atoms with Gasteiger partial charge in [-0.3, -0.25) is 0 Å². The van der Waals surface area contributed by atoms with Crippen LogP contribution in [0.1, 0.15) is 30.4 Å². The van der Waals surface area contributed by atoms with Crippen LogP contribution in [0.15, 0.2) is 24.3 Å². The van der Waals surface area contributed by atoms with E-state index in [2.05, 4.69) is 26.2 Å². The molecule has 0 saturated carbocycles. The molecule has 126 valence electrons. The summed E-state index contributed by atoms with van der Waals surface area (Å²) in [5.74, 6) is 1.68. The average molecular weight is 318 g/mol. The smallest absolute Gasteiger partial charge is 0.165 e. The summed E-state index contributed by atoms with van der Waals surface area (Å²) < 4.78 is 12.6. The third-order valence-electron chi connectivity index (χ3n) is 4.85. The zero-order chi connectivity index (χ0) is 16.4. The van der Waals surface area contributed by atoms with E-state index in [-0.39, 0.29) is 6.10 Å². The molecule has 0 spiro atoms. The van der Waals surface area contributed by atoms with Crippen molar-refractivity contribution in [2.24, 2.45) is 0 Å². The van der Waals surface area contributed by atoms with E-state index in [9.17, 15) is 5.11 Å². The van der Waals surface area contributed by atoms with Crippen molar-refractivity contribution in [3.05, 3.63) is 35.4 Å². The minimum Gasteiger partial charge on any atom is -0.493 e. The number of hydrogen-bond donors (Lipinski definition) is 1. The number of benzene rings is 1. The van der Waals surface area contributed by atoms with E-state index in [0.29, 0.717) is 6.42 Å². The zero-order valence-electron chi connectivity index (χ0n) is 14.4. The Bertz CT molecular complexity index is 595. The van der Waals surface area contributed by atoms with Crippen molar-refractivity contribution >= 4 is 0 Å². The number of fused-ring (bicyclic) bond motifs is 1. The van der Waals surface area contributed by atoms with Gasteiger partial charge in [0.25, 0.3) is 0 Å². The van der Waals surface area contributed by atoms with Crippen LogP contribution >= 0.6 is 0 Å². The molecule has 4 heteroatoms. The number of quaternary nitrogens is 1. The highest BCUT2D eigenvalue weighted by molar-refractivity contribution is 5.53. The summed E-state index contributed by atoms with van der Waals surface area (Å²) in [6.45, 7) is 2.11. The van der Waals surface area contributed by atoms with Crippen molar-refractivity contribution < 1.29 is 19.1 Å². The van der Waals surface area contributed by atoms with Gasteiger partial charge in [0.05, 0.1) is 33.9 Å². The minimum atomic E-state index is -0.438. The number of ether oxygens (including phenoxy) is 2. The van der Waals surface area contributed by atoms with Gasteiger partial charge >= 0.3 is 0 Å². The van der Waals surface area contributed by atoms with Crippen LogP contribution in [0.4, 0.5) is 0 Å². The van der Waals surface area contributed by atoms with E-state index in [1.54, 1.807) is 7.11 Å². The molecule has 2 bridgehead atoms. The van der Waals surface area contributed by atoms with Gasteiger partial charge in [-0.05, 0) is 18.6 Å². The number of aliphatic hydroxyl groups excluding tert-OH is 1. The SMILES string of the molecule is COc1ccc2c3c1OC(C3)CC(O)/C=C\CCC[N+](C)(C)C2. The van der Waals surface area contributed by atoms with E-state index in [4.69, 9.17) is 9.47 Å². The second-order valence-electron chi connectivity index (χ2n) is 7.37. The van der Waals surface area contributed by atoms with Crippen molar-refractivity contribution in [3.8, 4) is 11.5 Å². The summed E-state index contributed by atoms with van der Waals surface area (Å²) in [4.78, 5) is 0. The summed E-state index contributed by atoms with van der Waals surface area (Å²) in [7, 11) is 6.24. The maximum atomic E-state index is 10.2. The maximum absolute atomic E-state index is 10.2. The molecule has 2 unspecified atom stereocenters. The molecule has 0 aromatic heterocycles. The van der Waals surface area contributed by atoms with Crippen LogP contribution in [0.3, 0.4) is 0 Å². The Kier molecular flexibility index (Phi) is 4.64. The van der Waals surface area contributed by atoms with E-state index >= 15 is 0 Å². The van der Waals surface area contributed by atoms with E-state index in [1.165, 1.54) is 11.1 Å². The number of allylic oxidation sites excluding steroid dienone is 1. The third-order valence-corrected chi connectivity index (χ3v) is 4.85. The molecular formula is C19H28NO3+. The topological polar surface area (TPSA) is 38.7 Å². The summed E-state index contributed by atoms with van der Waals surface area (Å²) in [5, 5.41) is 10.2. The van der Waals surface area contributed by atoms with E-state index in [0.717, 1.165) is 48.3 Å². The van der Waals surface area contributed by atoms with E-state index < -0.39 is 6.10 Å². The van der Waals surface area contributed by atoms with Crippen molar-refractivity contribution in [1.82, 2.24) is 0 Å². The van der Waals surface area contributed by atoms with Crippen LogP contribution in [0.5, 0.6) is 11.5 Å². The second-order valence-corrected chi connectivity index (χ2v) is 7.37.